The number of aromatic nitrogens is 2. The lowest BCUT2D eigenvalue weighted by Crippen LogP contribution is -2.11. The summed E-state index contributed by atoms with van der Waals surface area (Å²) >= 11 is 1.31. The zero-order valence-electron chi connectivity index (χ0n) is 12.2. The van der Waals surface area contributed by atoms with E-state index in [9.17, 15) is 9.00 Å². The number of rotatable bonds is 4. The van der Waals surface area contributed by atoms with Gasteiger partial charge in [-0.25, -0.2) is 0 Å². The van der Waals surface area contributed by atoms with E-state index in [1.54, 1.807) is 30.5 Å². The van der Waals surface area contributed by atoms with Gasteiger partial charge in [-0.05, 0) is 24.3 Å². The van der Waals surface area contributed by atoms with Gasteiger partial charge < -0.3 is 0 Å². The number of nitrogens with one attached hydrogen (secondary N) is 1. The molecule has 23 heavy (non-hydrogen) atoms. The Balaban J connectivity index is 1.73. The highest BCUT2D eigenvalue weighted by molar-refractivity contribution is 7.84. The van der Waals surface area contributed by atoms with Gasteiger partial charge in [0.25, 0.3) is 5.91 Å². The van der Waals surface area contributed by atoms with Crippen LogP contribution in [0.1, 0.15) is 10.4 Å². The summed E-state index contributed by atoms with van der Waals surface area (Å²) in [7, 11) is -1.06. The molecule has 1 atom stereocenters. The molecule has 0 fully saturated rings. The molecule has 0 bridgehead atoms. The summed E-state index contributed by atoms with van der Waals surface area (Å²) in [4.78, 5) is 12.9. The van der Waals surface area contributed by atoms with E-state index in [0.717, 1.165) is 10.6 Å². The topological polar surface area (TPSA) is 72.0 Å². The molecule has 1 N–H and O–H groups in total. The van der Waals surface area contributed by atoms with Crippen molar-refractivity contribution >= 4 is 33.2 Å². The third-order valence-electron chi connectivity index (χ3n) is 3.11. The van der Waals surface area contributed by atoms with E-state index >= 15 is 0 Å². The van der Waals surface area contributed by atoms with Gasteiger partial charge in [-0.15, -0.1) is 10.2 Å². The van der Waals surface area contributed by atoms with Crippen molar-refractivity contribution in [1.29, 1.82) is 0 Å². The summed E-state index contributed by atoms with van der Waals surface area (Å²) in [5, 5.41) is 12.0. The molecular formula is C16H13N3O2S2. The Hall–Kier alpha value is -2.38. The summed E-state index contributed by atoms with van der Waals surface area (Å²) in [6.07, 6.45) is 1.60. The molecule has 0 aliphatic heterocycles. The number of amides is 1. The Morgan fingerprint density at radius 2 is 1.74 bits per heavy atom. The van der Waals surface area contributed by atoms with Gasteiger partial charge in [-0.3, -0.25) is 14.3 Å². The van der Waals surface area contributed by atoms with Gasteiger partial charge in [0.2, 0.25) is 5.13 Å². The molecule has 5 nitrogen and oxygen atoms in total. The van der Waals surface area contributed by atoms with Crippen molar-refractivity contribution in [2.24, 2.45) is 0 Å². The average Bonchev–Trinajstić information content (AvgIpc) is 3.04. The van der Waals surface area contributed by atoms with Crippen LogP contribution in [-0.2, 0) is 10.8 Å². The van der Waals surface area contributed by atoms with E-state index in [-0.39, 0.29) is 5.91 Å². The first-order chi connectivity index (χ1) is 11.1. The number of carbonyl (C=O) groups is 1. The molecule has 7 heteroatoms. The maximum absolute atomic E-state index is 12.2. The Bertz CT molecular complexity index is 845. The monoisotopic (exact) mass is 343 g/mol. The van der Waals surface area contributed by atoms with Gasteiger partial charge in [0, 0.05) is 33.1 Å². The predicted octanol–water partition coefficient (Wildman–Crippen LogP) is 3.19. The van der Waals surface area contributed by atoms with Crippen LogP contribution in [0.5, 0.6) is 0 Å². The minimum absolute atomic E-state index is 0.269. The highest BCUT2D eigenvalue weighted by Crippen LogP contribution is 2.26. The van der Waals surface area contributed by atoms with Crippen LogP contribution in [0.3, 0.4) is 0 Å². The molecular weight excluding hydrogens is 330 g/mol. The van der Waals surface area contributed by atoms with Gasteiger partial charge in [0.15, 0.2) is 0 Å². The van der Waals surface area contributed by atoms with E-state index in [2.05, 4.69) is 15.5 Å². The van der Waals surface area contributed by atoms with Crippen LogP contribution in [0.25, 0.3) is 10.6 Å². The first-order valence-corrected chi connectivity index (χ1v) is 9.15. The molecule has 1 aromatic heterocycles. The second kappa shape index (κ2) is 6.80. The lowest BCUT2D eigenvalue weighted by Gasteiger charge is -2.02. The van der Waals surface area contributed by atoms with Crippen molar-refractivity contribution in [3.8, 4) is 10.6 Å². The van der Waals surface area contributed by atoms with Crippen LogP contribution in [0.15, 0.2) is 59.5 Å². The Morgan fingerprint density at radius 1 is 1.04 bits per heavy atom. The van der Waals surface area contributed by atoms with Crippen molar-refractivity contribution in [2.75, 3.05) is 11.6 Å². The SMILES string of the molecule is CS(=O)c1ccc(C(=O)Nc2nnc(-c3ccccc3)s2)cc1. The summed E-state index contributed by atoms with van der Waals surface area (Å²) in [5.41, 5.74) is 1.44. The van der Waals surface area contributed by atoms with Gasteiger partial charge in [-0.1, -0.05) is 41.7 Å². The molecule has 1 amide bonds. The van der Waals surface area contributed by atoms with E-state index < -0.39 is 10.8 Å². The molecule has 1 unspecified atom stereocenters. The Labute approximate surface area is 139 Å². The molecule has 0 spiro atoms. The number of carbonyl (C=O) groups excluding carboxylic acids is 1. The fourth-order valence-corrected chi connectivity index (χ4v) is 3.20. The molecule has 2 aromatic carbocycles. The maximum atomic E-state index is 12.2. The third kappa shape index (κ3) is 3.69. The van der Waals surface area contributed by atoms with E-state index in [1.165, 1.54) is 11.3 Å². The molecule has 116 valence electrons. The van der Waals surface area contributed by atoms with Crippen LogP contribution in [0, 0.1) is 0 Å². The normalized spacial score (nSPS) is 11.9. The largest absolute Gasteiger partial charge is 0.296 e. The number of nitrogens with zero attached hydrogens (tertiary/aromatic N) is 2. The van der Waals surface area contributed by atoms with Crippen molar-refractivity contribution < 1.29 is 9.00 Å². The van der Waals surface area contributed by atoms with Crippen molar-refractivity contribution in [2.45, 2.75) is 4.90 Å². The smallest absolute Gasteiger partial charge is 0.257 e. The van der Waals surface area contributed by atoms with Crippen molar-refractivity contribution in [3.63, 3.8) is 0 Å². The standard InChI is InChI=1S/C16H13N3O2S2/c1-23(21)13-9-7-11(8-10-13)14(20)17-16-19-18-15(22-16)12-5-3-2-4-6-12/h2-10H,1H3,(H,17,19,20). The average molecular weight is 343 g/mol. The first-order valence-electron chi connectivity index (χ1n) is 6.77. The predicted molar refractivity (Wildman–Crippen MR) is 92.1 cm³/mol. The second-order valence-electron chi connectivity index (χ2n) is 4.71. The molecule has 1 heterocycles. The zero-order valence-corrected chi connectivity index (χ0v) is 13.9. The van der Waals surface area contributed by atoms with Gasteiger partial charge in [0.1, 0.15) is 5.01 Å². The summed E-state index contributed by atoms with van der Waals surface area (Å²) in [6.45, 7) is 0. The molecule has 3 aromatic rings. The van der Waals surface area contributed by atoms with E-state index in [0.29, 0.717) is 15.6 Å². The van der Waals surface area contributed by atoms with Gasteiger partial charge in [0.05, 0.1) is 0 Å². The summed E-state index contributed by atoms with van der Waals surface area (Å²) in [6, 6.07) is 16.3. The number of anilines is 1. The Kier molecular flexibility index (Phi) is 4.59. The zero-order chi connectivity index (χ0) is 16.2. The number of hydrogen-bond acceptors (Lipinski definition) is 5. The lowest BCUT2D eigenvalue weighted by molar-refractivity contribution is 0.102. The fraction of sp³-hybridized carbons (Fsp3) is 0.0625. The molecule has 0 radical (unpaired) electrons. The van der Waals surface area contributed by atoms with E-state index in [4.69, 9.17) is 0 Å². The minimum atomic E-state index is -1.06. The van der Waals surface area contributed by atoms with Gasteiger partial charge >= 0.3 is 0 Å². The Morgan fingerprint density at radius 3 is 2.39 bits per heavy atom. The quantitative estimate of drug-likeness (QED) is 0.790. The lowest BCUT2D eigenvalue weighted by atomic mass is 10.2. The van der Waals surface area contributed by atoms with E-state index in [1.807, 2.05) is 30.3 Å². The molecule has 0 aliphatic rings. The molecule has 0 saturated heterocycles. The fourth-order valence-electron chi connectivity index (χ4n) is 1.94. The van der Waals surface area contributed by atoms with Crippen LogP contribution < -0.4 is 5.32 Å². The molecule has 0 aliphatic carbocycles. The number of benzene rings is 2. The summed E-state index contributed by atoms with van der Waals surface area (Å²) in [5.74, 6) is -0.269. The van der Waals surface area contributed by atoms with Crippen molar-refractivity contribution in [1.82, 2.24) is 10.2 Å². The number of hydrogen-bond donors (Lipinski definition) is 1. The minimum Gasteiger partial charge on any atom is -0.296 e. The highest BCUT2D eigenvalue weighted by atomic mass is 32.2. The third-order valence-corrected chi connectivity index (χ3v) is 4.94. The first kappa shape index (κ1) is 15.5. The molecule has 3 rings (SSSR count). The van der Waals surface area contributed by atoms with Gasteiger partial charge in [-0.2, -0.15) is 0 Å². The van der Waals surface area contributed by atoms with Crippen molar-refractivity contribution in [3.05, 3.63) is 60.2 Å². The maximum Gasteiger partial charge on any atom is 0.257 e. The molecule has 0 saturated carbocycles. The van der Waals surface area contributed by atoms with Crippen LogP contribution >= 0.6 is 11.3 Å². The van der Waals surface area contributed by atoms with Crippen LogP contribution in [-0.4, -0.2) is 26.6 Å². The summed E-state index contributed by atoms with van der Waals surface area (Å²) < 4.78 is 11.3. The second-order valence-corrected chi connectivity index (χ2v) is 7.07. The highest BCUT2D eigenvalue weighted by Gasteiger charge is 2.11. The van der Waals surface area contributed by atoms with Crippen LogP contribution in [0.2, 0.25) is 0 Å². The van der Waals surface area contributed by atoms with Crippen LogP contribution in [0.4, 0.5) is 5.13 Å².